The fraction of sp³-hybridized carbons (Fsp3) is 0.364. The summed E-state index contributed by atoms with van der Waals surface area (Å²) in [5.41, 5.74) is 5.42. The summed E-state index contributed by atoms with van der Waals surface area (Å²) in [6.07, 6.45) is 2.26. The molecule has 2 aromatic rings. The van der Waals surface area contributed by atoms with E-state index in [4.69, 9.17) is 10.2 Å². The van der Waals surface area contributed by atoms with Crippen LogP contribution in [-0.2, 0) is 23.0 Å². The van der Waals surface area contributed by atoms with Crippen LogP contribution in [0.4, 0.5) is 0 Å². The van der Waals surface area contributed by atoms with Gasteiger partial charge in [0.1, 0.15) is 16.4 Å². The van der Waals surface area contributed by atoms with Crippen LogP contribution in [0.3, 0.4) is 0 Å². The van der Waals surface area contributed by atoms with E-state index < -0.39 is 10.0 Å². The highest BCUT2D eigenvalue weighted by atomic mass is 32.2. The number of nitrogens with one attached hydrogen (secondary N) is 1. The molecule has 0 amide bonds. The lowest BCUT2D eigenvalue weighted by atomic mass is 10.4. The van der Waals surface area contributed by atoms with E-state index in [1.165, 1.54) is 17.4 Å². The van der Waals surface area contributed by atoms with Crippen molar-refractivity contribution in [2.75, 3.05) is 6.54 Å². The van der Waals surface area contributed by atoms with Crippen LogP contribution in [0, 0.1) is 6.92 Å². The van der Waals surface area contributed by atoms with Crippen molar-refractivity contribution < 1.29 is 12.8 Å². The number of aromatic nitrogens is 1. The van der Waals surface area contributed by atoms with E-state index in [0.717, 1.165) is 5.01 Å². The largest absolute Gasteiger partial charge is 0.464 e. The number of sulfonamides is 1. The molecule has 2 heterocycles. The molecule has 2 rings (SSSR count). The zero-order chi connectivity index (χ0) is 13.9. The number of thiazole rings is 1. The second-order valence-corrected chi connectivity index (χ2v) is 6.63. The summed E-state index contributed by atoms with van der Waals surface area (Å²) in [5.74, 6) is 0.806. The van der Waals surface area contributed by atoms with E-state index in [9.17, 15) is 8.42 Å². The molecule has 104 valence electrons. The normalized spacial score (nSPS) is 11.9. The Morgan fingerprint density at radius 1 is 1.53 bits per heavy atom. The van der Waals surface area contributed by atoms with Crippen molar-refractivity contribution in [3.05, 3.63) is 34.2 Å². The first-order valence-electron chi connectivity index (χ1n) is 5.70. The zero-order valence-electron chi connectivity index (χ0n) is 10.4. The highest BCUT2D eigenvalue weighted by Crippen LogP contribution is 2.19. The highest BCUT2D eigenvalue weighted by molar-refractivity contribution is 7.89. The van der Waals surface area contributed by atoms with Gasteiger partial charge in [-0.15, -0.1) is 11.3 Å². The third-order valence-electron chi connectivity index (χ3n) is 2.53. The Kier molecular flexibility index (Phi) is 4.35. The Hall–Kier alpha value is -1.22. The number of furan rings is 1. The summed E-state index contributed by atoms with van der Waals surface area (Å²) in [7, 11) is -3.56. The molecule has 19 heavy (non-hydrogen) atoms. The molecule has 2 aromatic heterocycles. The Bertz CT molecular complexity index is 632. The maximum absolute atomic E-state index is 12.1. The maximum atomic E-state index is 12.1. The van der Waals surface area contributed by atoms with Gasteiger partial charge in [-0.05, 0) is 6.92 Å². The molecule has 0 saturated carbocycles. The van der Waals surface area contributed by atoms with Gasteiger partial charge in [0.25, 0.3) is 0 Å². The standard InChI is InChI=1S/C11H15N3O3S2/c1-8-10(6-9(7-12)17-8)19(15,16)14-3-2-11-13-4-5-18-11/h4-6,14H,2-3,7,12H2,1H3. The fourth-order valence-electron chi connectivity index (χ4n) is 1.64. The Morgan fingerprint density at radius 3 is 2.89 bits per heavy atom. The second kappa shape index (κ2) is 5.83. The molecular weight excluding hydrogens is 286 g/mol. The minimum absolute atomic E-state index is 0.145. The van der Waals surface area contributed by atoms with Crippen molar-refractivity contribution in [3.8, 4) is 0 Å². The predicted molar refractivity (Wildman–Crippen MR) is 72.3 cm³/mol. The van der Waals surface area contributed by atoms with Crippen molar-refractivity contribution in [1.82, 2.24) is 9.71 Å². The average molecular weight is 301 g/mol. The Labute approximate surface area is 115 Å². The van der Waals surface area contributed by atoms with Crippen molar-refractivity contribution in [1.29, 1.82) is 0 Å². The number of hydrogen-bond acceptors (Lipinski definition) is 6. The van der Waals surface area contributed by atoms with Crippen LogP contribution in [0.25, 0.3) is 0 Å². The average Bonchev–Trinajstić information content (AvgIpc) is 2.98. The van der Waals surface area contributed by atoms with Crippen LogP contribution in [0.1, 0.15) is 16.5 Å². The summed E-state index contributed by atoms with van der Waals surface area (Å²) < 4.78 is 31.9. The molecule has 0 aromatic carbocycles. The van der Waals surface area contributed by atoms with Gasteiger partial charge >= 0.3 is 0 Å². The van der Waals surface area contributed by atoms with Crippen LogP contribution in [-0.4, -0.2) is 19.9 Å². The minimum Gasteiger partial charge on any atom is -0.464 e. The molecule has 8 heteroatoms. The molecule has 0 atom stereocenters. The summed E-state index contributed by atoms with van der Waals surface area (Å²) >= 11 is 1.50. The van der Waals surface area contributed by atoms with E-state index in [1.807, 2.05) is 5.38 Å². The first kappa shape index (κ1) is 14.2. The van der Waals surface area contributed by atoms with Crippen LogP contribution >= 0.6 is 11.3 Å². The smallest absolute Gasteiger partial charge is 0.244 e. The lowest BCUT2D eigenvalue weighted by Crippen LogP contribution is -2.26. The molecule has 0 saturated heterocycles. The molecule has 0 aliphatic rings. The molecule has 0 aliphatic carbocycles. The summed E-state index contributed by atoms with van der Waals surface area (Å²) in [5, 5.41) is 2.76. The molecular formula is C11H15N3O3S2. The van der Waals surface area contributed by atoms with Gasteiger partial charge in [-0.25, -0.2) is 18.1 Å². The van der Waals surface area contributed by atoms with Crippen LogP contribution in [0.15, 0.2) is 27.0 Å². The van der Waals surface area contributed by atoms with Crippen molar-refractivity contribution in [2.24, 2.45) is 5.73 Å². The second-order valence-electron chi connectivity index (χ2n) is 3.91. The van der Waals surface area contributed by atoms with Crippen LogP contribution in [0.5, 0.6) is 0 Å². The van der Waals surface area contributed by atoms with Gasteiger partial charge in [-0.3, -0.25) is 0 Å². The van der Waals surface area contributed by atoms with E-state index in [1.54, 1.807) is 13.1 Å². The fourth-order valence-corrected chi connectivity index (χ4v) is 3.49. The lowest BCUT2D eigenvalue weighted by Gasteiger charge is -2.04. The maximum Gasteiger partial charge on any atom is 0.244 e. The number of rotatable bonds is 6. The SMILES string of the molecule is Cc1oc(CN)cc1S(=O)(=O)NCCc1nccs1. The quantitative estimate of drug-likeness (QED) is 0.830. The number of aryl methyl sites for hydroxylation is 1. The molecule has 0 unspecified atom stereocenters. The topological polar surface area (TPSA) is 98.2 Å². The first-order chi connectivity index (χ1) is 9.03. The lowest BCUT2D eigenvalue weighted by molar-refractivity contribution is 0.478. The predicted octanol–water partition coefficient (Wildman–Crippen LogP) is 1.02. The van der Waals surface area contributed by atoms with Crippen molar-refractivity contribution in [2.45, 2.75) is 24.8 Å². The van der Waals surface area contributed by atoms with Crippen LogP contribution in [0.2, 0.25) is 0 Å². The van der Waals surface area contributed by atoms with E-state index in [2.05, 4.69) is 9.71 Å². The molecule has 0 spiro atoms. The molecule has 0 fully saturated rings. The molecule has 0 bridgehead atoms. The number of hydrogen-bond donors (Lipinski definition) is 2. The molecule has 0 aliphatic heterocycles. The molecule has 3 N–H and O–H groups in total. The monoisotopic (exact) mass is 301 g/mol. The van der Waals surface area contributed by atoms with Crippen molar-refractivity contribution >= 4 is 21.4 Å². The highest BCUT2D eigenvalue weighted by Gasteiger charge is 2.20. The van der Waals surface area contributed by atoms with Gasteiger partial charge in [-0.1, -0.05) is 0 Å². The van der Waals surface area contributed by atoms with Gasteiger partial charge in [0, 0.05) is 30.6 Å². The zero-order valence-corrected chi connectivity index (χ0v) is 12.1. The summed E-state index contributed by atoms with van der Waals surface area (Å²) in [6, 6.07) is 1.46. The van der Waals surface area contributed by atoms with Gasteiger partial charge in [-0.2, -0.15) is 0 Å². The van der Waals surface area contributed by atoms with Crippen LogP contribution < -0.4 is 10.5 Å². The Morgan fingerprint density at radius 2 is 2.32 bits per heavy atom. The van der Waals surface area contributed by atoms with E-state index in [-0.39, 0.29) is 11.4 Å². The first-order valence-corrected chi connectivity index (χ1v) is 8.06. The third-order valence-corrected chi connectivity index (χ3v) is 4.94. The van der Waals surface area contributed by atoms with E-state index in [0.29, 0.717) is 24.5 Å². The number of nitrogens with two attached hydrogens (primary N) is 1. The summed E-state index contributed by atoms with van der Waals surface area (Å²) in [6.45, 7) is 2.09. The Balaban J connectivity index is 2.03. The van der Waals surface area contributed by atoms with Gasteiger partial charge in [0.2, 0.25) is 10.0 Å². The molecule has 6 nitrogen and oxygen atoms in total. The van der Waals surface area contributed by atoms with Gasteiger partial charge in [0.15, 0.2) is 0 Å². The third kappa shape index (κ3) is 3.41. The van der Waals surface area contributed by atoms with Crippen molar-refractivity contribution in [3.63, 3.8) is 0 Å². The summed E-state index contributed by atoms with van der Waals surface area (Å²) in [4.78, 5) is 4.24. The van der Waals surface area contributed by atoms with Gasteiger partial charge < -0.3 is 10.2 Å². The molecule has 0 radical (unpaired) electrons. The van der Waals surface area contributed by atoms with E-state index >= 15 is 0 Å². The minimum atomic E-state index is -3.56. The number of nitrogens with zero attached hydrogens (tertiary/aromatic N) is 1. The van der Waals surface area contributed by atoms with Gasteiger partial charge in [0.05, 0.1) is 11.6 Å².